The molecule has 0 aliphatic carbocycles. The van der Waals surface area contributed by atoms with Gasteiger partial charge in [-0.25, -0.2) is 8.78 Å². The molecule has 0 atom stereocenters. The lowest BCUT2D eigenvalue weighted by atomic mass is 10.1. The van der Waals surface area contributed by atoms with Gasteiger partial charge in [0.15, 0.2) is 0 Å². The molecule has 0 saturated carbocycles. The van der Waals surface area contributed by atoms with Crippen LogP contribution in [0.4, 0.5) is 14.5 Å². The predicted octanol–water partition coefficient (Wildman–Crippen LogP) is 2.09. The first-order valence-electron chi connectivity index (χ1n) is 4.92. The van der Waals surface area contributed by atoms with Crippen molar-refractivity contribution >= 4 is 11.6 Å². The highest BCUT2D eigenvalue weighted by atomic mass is 19.3. The van der Waals surface area contributed by atoms with Gasteiger partial charge in [0.25, 0.3) is 5.92 Å². The molecule has 88 valence electrons. The van der Waals surface area contributed by atoms with E-state index in [2.05, 4.69) is 5.32 Å². The topological polar surface area (TPSA) is 55.1 Å². The Labute approximate surface area is 92.6 Å². The molecule has 1 rings (SSSR count). The quantitative estimate of drug-likeness (QED) is 0.829. The van der Waals surface area contributed by atoms with Crippen molar-refractivity contribution in [2.24, 2.45) is 5.73 Å². The second-order valence-corrected chi connectivity index (χ2v) is 3.50. The summed E-state index contributed by atoms with van der Waals surface area (Å²) in [7, 11) is 0. The molecule has 3 nitrogen and oxygen atoms in total. The third-order valence-electron chi connectivity index (χ3n) is 2.09. The zero-order valence-electron chi connectivity index (χ0n) is 8.97. The summed E-state index contributed by atoms with van der Waals surface area (Å²) in [5, 5.41) is 2.51. The Morgan fingerprint density at radius 2 is 1.94 bits per heavy atom. The molecule has 0 unspecified atom stereocenters. The zero-order valence-corrected chi connectivity index (χ0v) is 8.97. The van der Waals surface area contributed by atoms with Crippen LogP contribution in [0.1, 0.15) is 18.9 Å². The van der Waals surface area contributed by atoms with Gasteiger partial charge in [-0.2, -0.15) is 0 Å². The van der Waals surface area contributed by atoms with Gasteiger partial charge in [-0.15, -0.1) is 0 Å². The van der Waals surface area contributed by atoms with Gasteiger partial charge in [0.2, 0.25) is 5.91 Å². The minimum absolute atomic E-state index is 0.0690. The minimum atomic E-state index is -2.91. The minimum Gasteiger partial charge on any atom is -0.330 e. The summed E-state index contributed by atoms with van der Waals surface area (Å²) in [6, 6.07) is 5.48. The second kappa shape index (κ2) is 5.03. The highest BCUT2D eigenvalue weighted by Gasteiger charge is 2.29. The van der Waals surface area contributed by atoms with Crippen molar-refractivity contribution < 1.29 is 13.6 Å². The Morgan fingerprint density at radius 1 is 1.38 bits per heavy atom. The summed E-state index contributed by atoms with van der Waals surface area (Å²) < 4.78 is 26.8. The van der Waals surface area contributed by atoms with E-state index in [1.54, 1.807) is 0 Å². The SMILES string of the molecule is CC(=O)Nc1ccc(C(F)(F)CCN)cc1. The largest absolute Gasteiger partial charge is 0.330 e. The fourth-order valence-electron chi connectivity index (χ4n) is 1.33. The monoisotopic (exact) mass is 228 g/mol. The van der Waals surface area contributed by atoms with Gasteiger partial charge in [0.05, 0.1) is 0 Å². The van der Waals surface area contributed by atoms with Gasteiger partial charge < -0.3 is 11.1 Å². The van der Waals surface area contributed by atoms with Crippen LogP contribution in [0.15, 0.2) is 24.3 Å². The molecule has 0 aliphatic rings. The average molecular weight is 228 g/mol. The summed E-state index contributed by atoms with van der Waals surface area (Å²) in [5.74, 6) is -3.15. The molecule has 0 spiro atoms. The van der Waals surface area contributed by atoms with Crippen molar-refractivity contribution in [2.75, 3.05) is 11.9 Å². The van der Waals surface area contributed by atoms with Crippen LogP contribution in [0.3, 0.4) is 0 Å². The number of rotatable bonds is 4. The second-order valence-electron chi connectivity index (χ2n) is 3.50. The van der Waals surface area contributed by atoms with Crippen molar-refractivity contribution in [3.63, 3.8) is 0 Å². The van der Waals surface area contributed by atoms with Gasteiger partial charge in [-0.05, 0) is 18.7 Å². The van der Waals surface area contributed by atoms with Crippen molar-refractivity contribution in [3.8, 4) is 0 Å². The van der Waals surface area contributed by atoms with E-state index in [0.717, 1.165) is 0 Å². The van der Waals surface area contributed by atoms with Crippen LogP contribution >= 0.6 is 0 Å². The molecule has 0 radical (unpaired) electrons. The first kappa shape index (κ1) is 12.6. The highest BCUT2D eigenvalue weighted by molar-refractivity contribution is 5.88. The number of hydrogen-bond donors (Lipinski definition) is 2. The number of anilines is 1. The standard InChI is InChI=1S/C11H14F2N2O/c1-8(16)15-10-4-2-9(3-5-10)11(12,13)6-7-14/h2-5H,6-7,14H2,1H3,(H,15,16). The molecule has 1 aromatic carbocycles. The van der Waals surface area contributed by atoms with E-state index in [-0.39, 0.29) is 24.4 Å². The first-order chi connectivity index (χ1) is 7.45. The van der Waals surface area contributed by atoms with E-state index in [0.29, 0.717) is 5.69 Å². The van der Waals surface area contributed by atoms with Crippen LogP contribution in [-0.4, -0.2) is 12.5 Å². The normalized spacial score (nSPS) is 11.2. The summed E-state index contributed by atoms with van der Waals surface area (Å²) in [6.07, 6.45) is -0.382. The maximum absolute atomic E-state index is 13.4. The number of alkyl halides is 2. The molecule has 3 N–H and O–H groups in total. The van der Waals surface area contributed by atoms with Crippen LogP contribution in [0.25, 0.3) is 0 Å². The molecule has 0 fully saturated rings. The molecule has 0 aliphatic heterocycles. The molecule has 0 saturated heterocycles. The van der Waals surface area contributed by atoms with E-state index in [1.807, 2.05) is 0 Å². The van der Waals surface area contributed by atoms with E-state index < -0.39 is 5.92 Å². The van der Waals surface area contributed by atoms with Gasteiger partial charge in [-0.1, -0.05) is 12.1 Å². The summed E-state index contributed by atoms with van der Waals surface area (Å²) in [5.41, 5.74) is 5.52. The zero-order chi connectivity index (χ0) is 12.2. The Balaban J connectivity index is 2.81. The lowest BCUT2D eigenvalue weighted by Gasteiger charge is -2.15. The molecule has 1 aromatic rings. The predicted molar refractivity (Wildman–Crippen MR) is 58.3 cm³/mol. The number of hydrogen-bond acceptors (Lipinski definition) is 2. The van der Waals surface area contributed by atoms with Gasteiger partial charge in [0, 0.05) is 24.6 Å². The Bertz CT molecular complexity index is 363. The lowest BCUT2D eigenvalue weighted by molar-refractivity contribution is -0.114. The van der Waals surface area contributed by atoms with Gasteiger partial charge in [-0.3, -0.25) is 4.79 Å². The first-order valence-corrected chi connectivity index (χ1v) is 4.92. The highest BCUT2D eigenvalue weighted by Crippen LogP contribution is 2.31. The molecule has 0 aromatic heterocycles. The summed E-state index contributed by atoms with van der Waals surface area (Å²) in [4.78, 5) is 10.7. The Morgan fingerprint density at radius 3 is 2.38 bits per heavy atom. The number of nitrogens with one attached hydrogen (secondary N) is 1. The number of nitrogens with two attached hydrogens (primary N) is 1. The maximum atomic E-state index is 13.4. The summed E-state index contributed by atoms with van der Waals surface area (Å²) >= 11 is 0. The number of halogens is 2. The van der Waals surface area contributed by atoms with Gasteiger partial charge >= 0.3 is 0 Å². The van der Waals surface area contributed by atoms with Gasteiger partial charge in [0.1, 0.15) is 0 Å². The molecular weight excluding hydrogens is 214 g/mol. The average Bonchev–Trinajstić information content (AvgIpc) is 2.17. The number of benzene rings is 1. The molecule has 16 heavy (non-hydrogen) atoms. The van der Waals surface area contributed by atoms with E-state index in [9.17, 15) is 13.6 Å². The van der Waals surface area contributed by atoms with E-state index in [4.69, 9.17) is 5.73 Å². The van der Waals surface area contributed by atoms with Crippen molar-refractivity contribution in [1.82, 2.24) is 0 Å². The summed E-state index contributed by atoms with van der Waals surface area (Å²) in [6.45, 7) is 1.29. The van der Waals surface area contributed by atoms with Crippen LogP contribution in [0.2, 0.25) is 0 Å². The fraction of sp³-hybridized carbons (Fsp3) is 0.364. The lowest BCUT2D eigenvalue weighted by Crippen LogP contribution is -2.18. The van der Waals surface area contributed by atoms with E-state index in [1.165, 1.54) is 31.2 Å². The Kier molecular flexibility index (Phi) is 3.95. The van der Waals surface area contributed by atoms with Crippen LogP contribution in [0.5, 0.6) is 0 Å². The number of amides is 1. The van der Waals surface area contributed by atoms with Crippen LogP contribution < -0.4 is 11.1 Å². The van der Waals surface area contributed by atoms with Crippen LogP contribution in [0, 0.1) is 0 Å². The molecular formula is C11H14F2N2O. The maximum Gasteiger partial charge on any atom is 0.274 e. The molecule has 0 heterocycles. The van der Waals surface area contributed by atoms with E-state index >= 15 is 0 Å². The van der Waals surface area contributed by atoms with Crippen molar-refractivity contribution in [3.05, 3.63) is 29.8 Å². The fourth-order valence-corrected chi connectivity index (χ4v) is 1.33. The smallest absolute Gasteiger partial charge is 0.274 e. The molecule has 0 bridgehead atoms. The molecule has 1 amide bonds. The third-order valence-corrected chi connectivity index (χ3v) is 2.09. The number of carbonyl (C=O) groups is 1. The number of carbonyl (C=O) groups excluding carboxylic acids is 1. The van der Waals surface area contributed by atoms with Crippen LogP contribution in [-0.2, 0) is 10.7 Å². The Hall–Kier alpha value is -1.49. The van der Waals surface area contributed by atoms with Crippen molar-refractivity contribution in [1.29, 1.82) is 0 Å². The third kappa shape index (κ3) is 3.27. The van der Waals surface area contributed by atoms with Crippen molar-refractivity contribution in [2.45, 2.75) is 19.3 Å². The molecule has 5 heteroatoms.